The van der Waals surface area contributed by atoms with Crippen LogP contribution >= 0.6 is 0 Å². The van der Waals surface area contributed by atoms with Crippen molar-refractivity contribution in [2.45, 2.75) is 0 Å². The Morgan fingerprint density at radius 3 is 1.76 bits per heavy atom. The molecule has 0 amide bonds. The lowest BCUT2D eigenvalue weighted by Gasteiger charge is -2.04. The molecule has 0 unspecified atom stereocenters. The fourth-order valence-electron chi connectivity index (χ4n) is 2.04. The van der Waals surface area contributed by atoms with E-state index in [0.717, 1.165) is 0 Å². The summed E-state index contributed by atoms with van der Waals surface area (Å²) in [5, 5.41) is 0. The molecule has 1 heterocycles. The van der Waals surface area contributed by atoms with Crippen molar-refractivity contribution >= 4 is 0 Å². The number of hydrogen-bond acceptors (Lipinski definition) is 2. The minimum absolute atomic E-state index is 0.335. The van der Waals surface area contributed by atoms with E-state index in [0.29, 0.717) is 22.5 Å². The third-order valence-electron chi connectivity index (χ3n) is 3.08. The van der Waals surface area contributed by atoms with Gasteiger partial charge >= 0.3 is 5.63 Å². The molecular formula is C17H10F2O2. The largest absolute Gasteiger partial charge is 0.423 e. The maximum Gasteiger partial charge on any atom is 0.336 e. The summed E-state index contributed by atoms with van der Waals surface area (Å²) in [5.74, 6) is -0.377. The Hall–Kier alpha value is -2.75. The number of rotatable bonds is 2. The Morgan fingerprint density at radius 1 is 0.667 bits per heavy atom. The SMILES string of the molecule is O=c1cc(-c2ccc(F)cc2)cc(-c2ccc(F)cc2)o1. The highest BCUT2D eigenvalue weighted by molar-refractivity contribution is 5.69. The van der Waals surface area contributed by atoms with E-state index in [4.69, 9.17) is 4.42 Å². The highest BCUT2D eigenvalue weighted by Crippen LogP contribution is 2.25. The molecule has 2 aromatic carbocycles. The van der Waals surface area contributed by atoms with E-state index in [1.807, 2.05) is 0 Å². The molecule has 0 aliphatic carbocycles. The van der Waals surface area contributed by atoms with Crippen LogP contribution in [0.2, 0.25) is 0 Å². The van der Waals surface area contributed by atoms with Crippen molar-refractivity contribution < 1.29 is 13.2 Å². The van der Waals surface area contributed by atoms with Gasteiger partial charge < -0.3 is 4.42 Å². The van der Waals surface area contributed by atoms with Gasteiger partial charge in [-0.15, -0.1) is 0 Å². The molecule has 3 rings (SSSR count). The van der Waals surface area contributed by atoms with Crippen LogP contribution in [0.15, 0.2) is 69.9 Å². The van der Waals surface area contributed by atoms with Crippen LogP contribution in [0.4, 0.5) is 8.78 Å². The molecular weight excluding hydrogens is 274 g/mol. The van der Waals surface area contributed by atoms with E-state index in [-0.39, 0.29) is 11.6 Å². The lowest BCUT2D eigenvalue weighted by atomic mass is 10.0. The first-order valence-corrected chi connectivity index (χ1v) is 6.29. The zero-order chi connectivity index (χ0) is 14.8. The predicted octanol–water partition coefficient (Wildman–Crippen LogP) is 4.25. The molecule has 0 fully saturated rings. The summed E-state index contributed by atoms with van der Waals surface area (Å²) < 4.78 is 31.0. The van der Waals surface area contributed by atoms with E-state index in [1.165, 1.54) is 42.5 Å². The molecule has 0 bridgehead atoms. The monoisotopic (exact) mass is 284 g/mol. The molecule has 0 saturated heterocycles. The van der Waals surface area contributed by atoms with Crippen molar-refractivity contribution in [3.05, 3.63) is 82.7 Å². The Bertz CT molecular complexity index is 752. The normalized spacial score (nSPS) is 10.6. The predicted molar refractivity (Wildman–Crippen MR) is 75.8 cm³/mol. The van der Waals surface area contributed by atoms with Crippen LogP contribution in [0.1, 0.15) is 0 Å². The molecule has 1 aromatic heterocycles. The first kappa shape index (κ1) is 13.2. The second-order valence-electron chi connectivity index (χ2n) is 4.54. The van der Waals surface area contributed by atoms with Gasteiger partial charge in [-0.25, -0.2) is 13.6 Å². The van der Waals surface area contributed by atoms with E-state index < -0.39 is 5.63 Å². The molecule has 2 nitrogen and oxygen atoms in total. The first-order valence-electron chi connectivity index (χ1n) is 6.29. The van der Waals surface area contributed by atoms with E-state index in [2.05, 4.69) is 0 Å². The van der Waals surface area contributed by atoms with Crippen LogP contribution in [0.25, 0.3) is 22.5 Å². The molecule has 3 aromatic rings. The van der Waals surface area contributed by atoms with Crippen LogP contribution in [0, 0.1) is 11.6 Å². The van der Waals surface area contributed by atoms with Gasteiger partial charge in [0.2, 0.25) is 0 Å². The van der Waals surface area contributed by atoms with Gasteiger partial charge in [0.1, 0.15) is 17.4 Å². The lowest BCUT2D eigenvalue weighted by molar-refractivity contribution is 0.526. The maximum absolute atomic E-state index is 12.9. The van der Waals surface area contributed by atoms with Crippen molar-refractivity contribution in [3.8, 4) is 22.5 Å². The zero-order valence-electron chi connectivity index (χ0n) is 10.8. The van der Waals surface area contributed by atoms with Gasteiger partial charge in [-0.1, -0.05) is 12.1 Å². The van der Waals surface area contributed by atoms with Crippen LogP contribution in [-0.2, 0) is 0 Å². The Labute approximate surface area is 119 Å². The highest BCUT2D eigenvalue weighted by Gasteiger charge is 2.07. The average molecular weight is 284 g/mol. The minimum Gasteiger partial charge on any atom is -0.423 e. The standard InChI is InChI=1S/C17H10F2O2/c18-14-5-1-11(2-6-14)13-9-16(21-17(20)10-13)12-3-7-15(19)8-4-12/h1-10H. The molecule has 4 heteroatoms. The van der Waals surface area contributed by atoms with Crippen LogP contribution in [0.5, 0.6) is 0 Å². The van der Waals surface area contributed by atoms with Gasteiger partial charge in [0.15, 0.2) is 0 Å². The summed E-state index contributed by atoms with van der Waals surface area (Å²) in [7, 11) is 0. The summed E-state index contributed by atoms with van der Waals surface area (Å²) in [4.78, 5) is 11.7. The molecule has 0 spiro atoms. The fourth-order valence-corrected chi connectivity index (χ4v) is 2.04. The second-order valence-corrected chi connectivity index (χ2v) is 4.54. The van der Waals surface area contributed by atoms with E-state index in [1.54, 1.807) is 18.2 Å². The topological polar surface area (TPSA) is 30.2 Å². The minimum atomic E-state index is -0.517. The molecule has 0 N–H and O–H groups in total. The first-order chi connectivity index (χ1) is 10.1. The summed E-state index contributed by atoms with van der Waals surface area (Å²) in [6.45, 7) is 0. The van der Waals surface area contributed by atoms with Gasteiger partial charge in [-0.2, -0.15) is 0 Å². The zero-order valence-corrected chi connectivity index (χ0v) is 10.8. The Kier molecular flexibility index (Phi) is 3.36. The highest BCUT2D eigenvalue weighted by atomic mass is 19.1. The third-order valence-corrected chi connectivity index (χ3v) is 3.08. The molecule has 0 saturated carbocycles. The van der Waals surface area contributed by atoms with Gasteiger partial charge in [-0.05, 0) is 53.6 Å². The molecule has 104 valence electrons. The lowest BCUT2D eigenvalue weighted by Crippen LogP contribution is -1.98. The van der Waals surface area contributed by atoms with Crippen LogP contribution in [0.3, 0.4) is 0 Å². The maximum atomic E-state index is 12.9. The van der Waals surface area contributed by atoms with Crippen molar-refractivity contribution in [1.29, 1.82) is 0 Å². The molecule has 0 aliphatic rings. The molecule has 21 heavy (non-hydrogen) atoms. The van der Waals surface area contributed by atoms with E-state index in [9.17, 15) is 13.6 Å². The van der Waals surface area contributed by atoms with Gasteiger partial charge in [-0.3, -0.25) is 0 Å². The number of hydrogen-bond donors (Lipinski definition) is 0. The Balaban J connectivity index is 2.10. The second kappa shape index (κ2) is 5.32. The van der Waals surface area contributed by atoms with Crippen LogP contribution in [-0.4, -0.2) is 0 Å². The molecule has 0 atom stereocenters. The summed E-state index contributed by atoms with van der Waals surface area (Å²) in [6.07, 6.45) is 0. The van der Waals surface area contributed by atoms with Gasteiger partial charge in [0, 0.05) is 11.6 Å². The third kappa shape index (κ3) is 2.89. The smallest absolute Gasteiger partial charge is 0.336 e. The average Bonchev–Trinajstić information content (AvgIpc) is 2.48. The van der Waals surface area contributed by atoms with Crippen molar-refractivity contribution in [3.63, 3.8) is 0 Å². The quantitative estimate of drug-likeness (QED) is 0.704. The molecule has 0 aliphatic heterocycles. The molecule has 0 radical (unpaired) electrons. The number of benzene rings is 2. The van der Waals surface area contributed by atoms with Crippen molar-refractivity contribution in [2.75, 3.05) is 0 Å². The van der Waals surface area contributed by atoms with Gasteiger partial charge in [0.05, 0.1) is 0 Å². The van der Waals surface area contributed by atoms with Crippen molar-refractivity contribution in [2.24, 2.45) is 0 Å². The fraction of sp³-hybridized carbons (Fsp3) is 0. The van der Waals surface area contributed by atoms with Crippen LogP contribution < -0.4 is 5.63 Å². The summed E-state index contributed by atoms with van der Waals surface area (Å²) >= 11 is 0. The van der Waals surface area contributed by atoms with Crippen molar-refractivity contribution in [1.82, 2.24) is 0 Å². The van der Waals surface area contributed by atoms with E-state index >= 15 is 0 Å². The summed E-state index contributed by atoms with van der Waals surface area (Å²) in [5.41, 5.74) is 1.40. The number of halogens is 2. The Morgan fingerprint density at radius 2 is 1.19 bits per heavy atom. The summed E-state index contributed by atoms with van der Waals surface area (Å²) in [6, 6.07) is 14.5. The van der Waals surface area contributed by atoms with Gasteiger partial charge in [0.25, 0.3) is 0 Å².